The van der Waals surface area contributed by atoms with Crippen molar-refractivity contribution < 1.29 is 33.1 Å². The number of halogens is 1. The summed E-state index contributed by atoms with van der Waals surface area (Å²) in [6.07, 6.45) is 2.22. The number of fused-ring (bicyclic) bond motifs is 1. The van der Waals surface area contributed by atoms with E-state index in [4.69, 9.17) is 4.74 Å². The number of hydrogen-bond acceptors (Lipinski definition) is 8. The van der Waals surface area contributed by atoms with E-state index in [0.717, 1.165) is 52.2 Å². The molecule has 1 saturated heterocycles. The number of benzene rings is 3. The van der Waals surface area contributed by atoms with Gasteiger partial charge in [-0.1, -0.05) is 30.3 Å². The van der Waals surface area contributed by atoms with Crippen LogP contribution in [0.3, 0.4) is 0 Å². The molecular weight excluding hydrogens is 703 g/mol. The van der Waals surface area contributed by atoms with Crippen LogP contribution < -0.4 is 16.0 Å². The van der Waals surface area contributed by atoms with Crippen molar-refractivity contribution in [2.75, 3.05) is 32.1 Å². The maximum Gasteiger partial charge on any atom is 0.264 e. The second-order valence-corrected chi connectivity index (χ2v) is 16.1. The molecule has 4 N–H and O–H groups in total. The molecule has 1 unspecified atom stereocenters. The molecule has 0 bridgehead atoms. The van der Waals surface area contributed by atoms with Gasteiger partial charge in [-0.3, -0.25) is 34.2 Å². The molecule has 0 radical (unpaired) electrons. The minimum Gasteiger partial charge on any atom is -0.379 e. The summed E-state index contributed by atoms with van der Waals surface area (Å²) in [7, 11) is 2.08. The molecule has 1 aromatic heterocycles. The average Bonchev–Trinajstić information content (AvgIpc) is 3.54. The normalized spacial score (nSPS) is 17.5. The first-order valence-electron chi connectivity index (χ1n) is 18.8. The number of aromatic amines is 1. The Balaban J connectivity index is 0.912. The van der Waals surface area contributed by atoms with Crippen LogP contribution in [0.4, 0.5) is 10.1 Å². The summed E-state index contributed by atoms with van der Waals surface area (Å²) in [6.45, 7) is 10.6. The highest BCUT2D eigenvalue weighted by Gasteiger charge is 2.46. The minimum atomic E-state index is -1.02. The summed E-state index contributed by atoms with van der Waals surface area (Å²) in [5.74, 6) is -2.84. The molecule has 13 heteroatoms. The third kappa shape index (κ3) is 7.76. The maximum atomic E-state index is 14.3. The highest BCUT2D eigenvalue weighted by Crippen LogP contribution is 2.36. The van der Waals surface area contributed by atoms with Gasteiger partial charge in [0.05, 0.1) is 22.3 Å². The highest BCUT2D eigenvalue weighted by molar-refractivity contribution is 6.25. The first kappa shape index (κ1) is 37.9. The van der Waals surface area contributed by atoms with Gasteiger partial charge >= 0.3 is 0 Å². The predicted molar refractivity (Wildman–Crippen MR) is 206 cm³/mol. The smallest absolute Gasteiger partial charge is 0.264 e. The number of amides is 5. The molecule has 7 rings (SSSR count). The van der Waals surface area contributed by atoms with Gasteiger partial charge < -0.3 is 25.3 Å². The Morgan fingerprint density at radius 1 is 0.945 bits per heavy atom. The van der Waals surface area contributed by atoms with Crippen LogP contribution in [0.1, 0.15) is 95.6 Å². The fourth-order valence-electron chi connectivity index (χ4n) is 7.77. The van der Waals surface area contributed by atoms with E-state index in [1.807, 2.05) is 13.8 Å². The Morgan fingerprint density at radius 2 is 1.71 bits per heavy atom. The molecule has 55 heavy (non-hydrogen) atoms. The Kier molecular flexibility index (Phi) is 10.1. The summed E-state index contributed by atoms with van der Waals surface area (Å²) in [6, 6.07) is 15.1. The zero-order valence-corrected chi connectivity index (χ0v) is 31.9. The number of carbonyl (C=O) groups is 5. The van der Waals surface area contributed by atoms with Gasteiger partial charge in [0, 0.05) is 60.5 Å². The molecule has 5 amide bonds. The number of H-pyrrole nitrogens is 1. The Hall–Kier alpha value is -5.40. The molecule has 12 nitrogen and oxygen atoms in total. The fourth-order valence-corrected chi connectivity index (χ4v) is 7.77. The van der Waals surface area contributed by atoms with E-state index in [1.165, 1.54) is 12.1 Å². The fraction of sp³-hybridized carbons (Fsp3) is 0.405. The molecule has 3 aromatic carbocycles. The number of aromatic nitrogens is 1. The summed E-state index contributed by atoms with van der Waals surface area (Å²) >= 11 is 0. The number of imide groups is 2. The van der Waals surface area contributed by atoms with Gasteiger partial charge in [0.25, 0.3) is 17.7 Å². The first-order valence-corrected chi connectivity index (χ1v) is 18.8. The monoisotopic (exact) mass is 750 g/mol. The molecule has 0 aliphatic carbocycles. The predicted octanol–water partition coefficient (Wildman–Crippen LogP) is 5.56. The van der Waals surface area contributed by atoms with Crippen molar-refractivity contribution in [2.24, 2.45) is 0 Å². The molecule has 3 aliphatic rings. The molecule has 3 aliphatic heterocycles. The van der Waals surface area contributed by atoms with Crippen LogP contribution in [0.5, 0.6) is 0 Å². The third-order valence-corrected chi connectivity index (χ3v) is 10.8. The summed E-state index contributed by atoms with van der Waals surface area (Å²) in [4.78, 5) is 70.2. The van der Waals surface area contributed by atoms with Crippen molar-refractivity contribution in [3.05, 3.63) is 88.2 Å². The lowest BCUT2D eigenvalue weighted by atomic mass is 9.98. The Bertz CT molecular complexity index is 2210. The largest absolute Gasteiger partial charge is 0.379 e. The van der Waals surface area contributed by atoms with Crippen molar-refractivity contribution >= 4 is 46.1 Å². The first-order chi connectivity index (χ1) is 26.1. The SMILES string of the molecule is CN(CCC(C)(C)OCCC(C)(C)Nc1cccc2c1C(=O)N(C1CCC(=O)NC1=O)C2=O)Cc1ccc(-c2[nH]c3cc(F)cc4c3c2CCNC4=O)cc1. The summed E-state index contributed by atoms with van der Waals surface area (Å²) in [5.41, 5.74) is 5.10. The van der Waals surface area contributed by atoms with E-state index >= 15 is 0 Å². The number of hydrogen-bond donors (Lipinski definition) is 4. The topological polar surface area (TPSA) is 153 Å². The van der Waals surface area contributed by atoms with Crippen molar-refractivity contribution in [1.82, 2.24) is 25.4 Å². The van der Waals surface area contributed by atoms with E-state index in [9.17, 15) is 28.4 Å². The number of carbonyl (C=O) groups excluding carboxylic acids is 5. The highest BCUT2D eigenvalue weighted by atomic mass is 19.1. The van der Waals surface area contributed by atoms with Crippen molar-refractivity contribution in [1.29, 1.82) is 0 Å². The van der Waals surface area contributed by atoms with Crippen LogP contribution in [0.15, 0.2) is 54.6 Å². The number of nitrogens with one attached hydrogen (secondary N) is 4. The van der Waals surface area contributed by atoms with Crippen molar-refractivity contribution in [2.45, 2.75) is 83.5 Å². The molecule has 1 atom stereocenters. The van der Waals surface area contributed by atoms with Crippen molar-refractivity contribution in [3.63, 3.8) is 0 Å². The van der Waals surface area contributed by atoms with Gasteiger partial charge in [-0.2, -0.15) is 0 Å². The molecule has 0 spiro atoms. The lowest BCUT2D eigenvalue weighted by Crippen LogP contribution is -2.54. The molecule has 4 heterocycles. The van der Waals surface area contributed by atoms with Crippen LogP contribution in [-0.4, -0.2) is 88.2 Å². The van der Waals surface area contributed by atoms with Crippen LogP contribution >= 0.6 is 0 Å². The molecular formula is C42H47FN6O6. The quantitative estimate of drug-likeness (QED) is 0.130. The van der Waals surface area contributed by atoms with Gasteiger partial charge in [-0.25, -0.2) is 4.39 Å². The lowest BCUT2D eigenvalue weighted by Gasteiger charge is -2.32. The van der Waals surface area contributed by atoms with Crippen LogP contribution in [-0.2, 0) is 27.3 Å². The zero-order chi connectivity index (χ0) is 39.2. The van der Waals surface area contributed by atoms with Gasteiger partial charge in [-0.15, -0.1) is 0 Å². The number of ether oxygens (including phenoxy) is 1. The van der Waals surface area contributed by atoms with E-state index in [1.54, 1.807) is 18.2 Å². The van der Waals surface area contributed by atoms with E-state index in [-0.39, 0.29) is 29.9 Å². The van der Waals surface area contributed by atoms with Gasteiger partial charge in [0.1, 0.15) is 11.9 Å². The van der Waals surface area contributed by atoms with Gasteiger partial charge in [0.15, 0.2) is 0 Å². The molecule has 0 saturated carbocycles. The number of nitrogens with zero attached hydrogens (tertiary/aromatic N) is 2. The zero-order valence-electron chi connectivity index (χ0n) is 31.9. The second-order valence-electron chi connectivity index (χ2n) is 16.1. The molecule has 288 valence electrons. The minimum absolute atomic E-state index is 0.0623. The summed E-state index contributed by atoms with van der Waals surface area (Å²) < 4.78 is 20.7. The molecule has 1 fully saturated rings. The maximum absolute atomic E-state index is 14.3. The van der Waals surface area contributed by atoms with E-state index < -0.39 is 46.6 Å². The third-order valence-electron chi connectivity index (χ3n) is 10.8. The van der Waals surface area contributed by atoms with Crippen LogP contribution in [0.25, 0.3) is 22.2 Å². The van der Waals surface area contributed by atoms with Crippen LogP contribution in [0, 0.1) is 5.82 Å². The Morgan fingerprint density at radius 3 is 2.45 bits per heavy atom. The number of piperidine rings is 1. The van der Waals surface area contributed by atoms with Gasteiger partial charge in [0.2, 0.25) is 11.8 Å². The standard InChI is InChI=1S/C42H47FN6O6/c1-41(2,47-30-8-6-7-28-35(30)40(54)49(39(28)53)32-13-14-33(50)46-38(32)52)17-20-55-42(3,4)16-19-48(5)23-24-9-11-25(12-10-24)36-27-15-18-44-37(51)29-21-26(43)22-31(45-36)34(27)29/h6-12,21-22,32,45,47H,13-20,23H2,1-5H3,(H,44,51)(H,46,50,52). The Labute approximate surface area is 319 Å². The number of rotatable bonds is 13. The van der Waals surface area contributed by atoms with E-state index in [0.29, 0.717) is 42.8 Å². The van der Waals surface area contributed by atoms with Crippen molar-refractivity contribution in [3.8, 4) is 11.3 Å². The van der Waals surface area contributed by atoms with E-state index in [2.05, 4.69) is 71.0 Å². The van der Waals surface area contributed by atoms with Gasteiger partial charge in [-0.05, 0) is 101 Å². The summed E-state index contributed by atoms with van der Waals surface area (Å²) in [5, 5.41) is 9.33. The average molecular weight is 751 g/mol. The second kappa shape index (κ2) is 14.7. The lowest BCUT2D eigenvalue weighted by molar-refractivity contribution is -0.136. The number of anilines is 1. The van der Waals surface area contributed by atoms with Crippen LogP contribution in [0.2, 0.25) is 0 Å². The molecule has 4 aromatic rings.